The van der Waals surface area contributed by atoms with Crippen molar-refractivity contribution >= 4 is 35.8 Å². The highest BCUT2D eigenvalue weighted by molar-refractivity contribution is 7.80. The number of hydrogen-bond acceptors (Lipinski definition) is 2. The number of benzene rings is 1. The Kier molecular flexibility index (Phi) is 7.41. The van der Waals surface area contributed by atoms with E-state index in [0.29, 0.717) is 16.7 Å². The molecule has 1 aromatic carbocycles. The second-order valence-corrected chi connectivity index (χ2v) is 6.15. The van der Waals surface area contributed by atoms with E-state index in [1.165, 1.54) is 0 Å². The minimum absolute atomic E-state index is 0.152. The van der Waals surface area contributed by atoms with E-state index in [-0.39, 0.29) is 5.41 Å². The van der Waals surface area contributed by atoms with E-state index in [1.54, 1.807) is 12.1 Å². The van der Waals surface area contributed by atoms with Gasteiger partial charge in [0.25, 0.3) is 0 Å². The van der Waals surface area contributed by atoms with Crippen LogP contribution in [-0.2, 0) is 0 Å². The van der Waals surface area contributed by atoms with Gasteiger partial charge < -0.3 is 4.74 Å². The third-order valence-corrected chi connectivity index (χ3v) is 4.74. The molecule has 0 bridgehead atoms. The highest BCUT2D eigenvalue weighted by Gasteiger charge is 2.27. The molecule has 0 amide bonds. The molecule has 108 valence electrons. The number of thiol groups is 1. The van der Waals surface area contributed by atoms with Crippen LogP contribution in [0.3, 0.4) is 0 Å². The predicted molar refractivity (Wildman–Crippen MR) is 88.1 cm³/mol. The van der Waals surface area contributed by atoms with Gasteiger partial charge in [-0.1, -0.05) is 49.9 Å². The SMILES string of the molecule is CCCC(CS)(CCC)COc1ccc(Cl)c(Cl)c1. The molecule has 0 aliphatic carbocycles. The molecule has 19 heavy (non-hydrogen) atoms. The third kappa shape index (κ3) is 5.09. The zero-order valence-electron chi connectivity index (χ0n) is 11.6. The van der Waals surface area contributed by atoms with Crippen molar-refractivity contribution in [1.29, 1.82) is 0 Å². The van der Waals surface area contributed by atoms with Crippen molar-refractivity contribution in [3.05, 3.63) is 28.2 Å². The van der Waals surface area contributed by atoms with Crippen LogP contribution < -0.4 is 4.74 Å². The molecule has 0 saturated carbocycles. The van der Waals surface area contributed by atoms with Crippen molar-refractivity contribution < 1.29 is 4.74 Å². The first-order valence-corrected chi connectivity index (χ1v) is 8.14. The molecule has 0 aromatic heterocycles. The summed E-state index contributed by atoms with van der Waals surface area (Å²) in [7, 11) is 0. The number of ether oxygens (including phenoxy) is 1. The zero-order valence-corrected chi connectivity index (χ0v) is 14.0. The van der Waals surface area contributed by atoms with Crippen LogP contribution >= 0.6 is 35.8 Å². The van der Waals surface area contributed by atoms with Crippen LogP contribution in [0, 0.1) is 5.41 Å². The summed E-state index contributed by atoms with van der Waals surface area (Å²) in [6.07, 6.45) is 4.55. The van der Waals surface area contributed by atoms with E-state index >= 15 is 0 Å². The van der Waals surface area contributed by atoms with Crippen molar-refractivity contribution in [3.8, 4) is 5.75 Å². The van der Waals surface area contributed by atoms with Gasteiger partial charge in [-0.3, -0.25) is 0 Å². The Labute approximate surface area is 132 Å². The van der Waals surface area contributed by atoms with Gasteiger partial charge in [-0.15, -0.1) is 0 Å². The molecule has 0 radical (unpaired) electrons. The fraction of sp³-hybridized carbons (Fsp3) is 0.600. The lowest BCUT2D eigenvalue weighted by molar-refractivity contribution is 0.143. The average Bonchev–Trinajstić information content (AvgIpc) is 2.40. The minimum atomic E-state index is 0.152. The lowest BCUT2D eigenvalue weighted by Crippen LogP contribution is -2.30. The van der Waals surface area contributed by atoms with Gasteiger partial charge in [-0.2, -0.15) is 12.6 Å². The van der Waals surface area contributed by atoms with Crippen molar-refractivity contribution in [2.24, 2.45) is 5.41 Å². The number of rotatable bonds is 8. The molecule has 4 heteroatoms. The van der Waals surface area contributed by atoms with Gasteiger partial charge in [0.15, 0.2) is 0 Å². The summed E-state index contributed by atoms with van der Waals surface area (Å²) < 4.78 is 5.91. The Morgan fingerprint density at radius 3 is 2.21 bits per heavy atom. The molecule has 0 fully saturated rings. The summed E-state index contributed by atoms with van der Waals surface area (Å²) >= 11 is 16.4. The fourth-order valence-electron chi connectivity index (χ4n) is 2.34. The molecule has 0 atom stereocenters. The van der Waals surface area contributed by atoms with Crippen molar-refractivity contribution in [3.63, 3.8) is 0 Å². The lowest BCUT2D eigenvalue weighted by Gasteiger charge is -2.31. The molecule has 0 saturated heterocycles. The van der Waals surface area contributed by atoms with E-state index < -0.39 is 0 Å². The van der Waals surface area contributed by atoms with Crippen LogP contribution in [0.5, 0.6) is 5.75 Å². The van der Waals surface area contributed by atoms with Gasteiger partial charge in [0.1, 0.15) is 5.75 Å². The smallest absolute Gasteiger partial charge is 0.120 e. The maximum Gasteiger partial charge on any atom is 0.120 e. The van der Waals surface area contributed by atoms with Crippen molar-refractivity contribution in [2.75, 3.05) is 12.4 Å². The maximum atomic E-state index is 5.99. The highest BCUT2D eigenvalue weighted by atomic mass is 35.5. The summed E-state index contributed by atoms with van der Waals surface area (Å²) in [5.74, 6) is 1.61. The molecule has 0 aliphatic rings. The van der Waals surface area contributed by atoms with Crippen LogP contribution in [0.2, 0.25) is 10.0 Å². The molecule has 0 aliphatic heterocycles. The fourth-order valence-corrected chi connectivity index (χ4v) is 3.03. The van der Waals surface area contributed by atoms with Gasteiger partial charge in [-0.05, 0) is 30.7 Å². The van der Waals surface area contributed by atoms with Crippen molar-refractivity contribution in [2.45, 2.75) is 39.5 Å². The second kappa shape index (κ2) is 8.28. The average molecular weight is 321 g/mol. The van der Waals surface area contributed by atoms with Crippen LogP contribution in [0.1, 0.15) is 39.5 Å². The monoisotopic (exact) mass is 320 g/mol. The summed E-state index contributed by atoms with van der Waals surface area (Å²) in [6, 6.07) is 5.39. The van der Waals surface area contributed by atoms with Gasteiger partial charge in [0.05, 0.1) is 16.7 Å². The van der Waals surface area contributed by atoms with E-state index in [4.69, 9.17) is 27.9 Å². The standard InChI is InChI=1S/C15H22Cl2OS/c1-3-7-15(11-19,8-4-2)10-18-12-5-6-13(16)14(17)9-12/h5-6,9,19H,3-4,7-8,10-11H2,1-2H3. The molecular weight excluding hydrogens is 299 g/mol. The van der Waals surface area contributed by atoms with Gasteiger partial charge >= 0.3 is 0 Å². The molecule has 0 N–H and O–H groups in total. The van der Waals surface area contributed by atoms with E-state index in [9.17, 15) is 0 Å². The summed E-state index contributed by atoms with van der Waals surface area (Å²) in [4.78, 5) is 0. The normalized spacial score (nSPS) is 11.6. The zero-order chi connectivity index (χ0) is 14.3. The maximum absolute atomic E-state index is 5.99. The molecule has 1 rings (SSSR count). The minimum Gasteiger partial charge on any atom is -0.493 e. The first-order chi connectivity index (χ1) is 9.06. The summed E-state index contributed by atoms with van der Waals surface area (Å²) in [5, 5.41) is 1.08. The first-order valence-electron chi connectivity index (χ1n) is 6.75. The Bertz CT molecular complexity index is 390. The number of hydrogen-bond donors (Lipinski definition) is 1. The Balaban J connectivity index is 2.71. The van der Waals surface area contributed by atoms with Gasteiger partial charge in [0.2, 0.25) is 0 Å². The topological polar surface area (TPSA) is 9.23 Å². The summed E-state index contributed by atoms with van der Waals surface area (Å²) in [6.45, 7) is 5.08. The van der Waals surface area contributed by atoms with Gasteiger partial charge in [-0.25, -0.2) is 0 Å². The van der Waals surface area contributed by atoms with Crippen LogP contribution in [0.25, 0.3) is 0 Å². The van der Waals surface area contributed by atoms with Crippen LogP contribution in [0.4, 0.5) is 0 Å². The molecule has 1 nitrogen and oxygen atoms in total. The van der Waals surface area contributed by atoms with Crippen LogP contribution in [0.15, 0.2) is 18.2 Å². The molecule has 0 spiro atoms. The Hall–Kier alpha value is -0.0500. The number of halogens is 2. The summed E-state index contributed by atoms with van der Waals surface area (Å²) in [5.41, 5.74) is 0.152. The quantitative estimate of drug-likeness (QED) is 0.587. The molecule has 0 heterocycles. The Morgan fingerprint density at radius 1 is 1.11 bits per heavy atom. The van der Waals surface area contributed by atoms with Crippen LogP contribution in [-0.4, -0.2) is 12.4 Å². The highest BCUT2D eigenvalue weighted by Crippen LogP contribution is 2.33. The first kappa shape index (κ1) is 17.0. The van der Waals surface area contributed by atoms with Gasteiger partial charge in [0, 0.05) is 11.5 Å². The van der Waals surface area contributed by atoms with Crippen molar-refractivity contribution in [1.82, 2.24) is 0 Å². The third-order valence-electron chi connectivity index (χ3n) is 3.33. The molecular formula is C15H22Cl2OS. The predicted octanol–water partition coefficient (Wildman–Crippen LogP) is 5.89. The molecule has 1 aromatic rings. The van der Waals surface area contributed by atoms with E-state index in [2.05, 4.69) is 26.5 Å². The largest absolute Gasteiger partial charge is 0.493 e. The second-order valence-electron chi connectivity index (χ2n) is 5.02. The Morgan fingerprint density at radius 2 is 1.74 bits per heavy atom. The van der Waals surface area contributed by atoms with E-state index in [1.807, 2.05) is 6.07 Å². The lowest BCUT2D eigenvalue weighted by atomic mass is 9.82. The van der Waals surface area contributed by atoms with E-state index in [0.717, 1.165) is 37.2 Å². The molecule has 0 unspecified atom stereocenters.